The minimum absolute atomic E-state index is 0.229. The van der Waals surface area contributed by atoms with E-state index in [1.807, 2.05) is 13.8 Å². The molecule has 1 heterocycles. The van der Waals surface area contributed by atoms with Crippen molar-refractivity contribution in [2.75, 3.05) is 13.7 Å². The van der Waals surface area contributed by atoms with E-state index in [0.717, 1.165) is 0 Å². The summed E-state index contributed by atoms with van der Waals surface area (Å²) in [5.41, 5.74) is 2.20. The number of dihydropyridines is 1. The first-order valence-corrected chi connectivity index (χ1v) is 10.1. The number of ketones is 1. The maximum Gasteiger partial charge on any atom is 0.336 e. The van der Waals surface area contributed by atoms with Crippen LogP contribution < -0.4 is 5.32 Å². The number of esters is 2. The SMILES string of the molecule is CCCOC(=O)C1=C(C)NC2=C(C(=O)[C@@H](C(=O)OC)[C@@H](C)C2)[C@@H]1c1cccc(F)c1. The lowest BCUT2D eigenvalue weighted by molar-refractivity contribution is -0.151. The lowest BCUT2D eigenvalue weighted by atomic mass is 9.69. The number of halogens is 1. The van der Waals surface area contributed by atoms with E-state index in [-0.39, 0.29) is 18.1 Å². The smallest absolute Gasteiger partial charge is 0.336 e. The van der Waals surface area contributed by atoms with Gasteiger partial charge in [0, 0.05) is 22.9 Å². The van der Waals surface area contributed by atoms with E-state index in [1.54, 1.807) is 13.0 Å². The van der Waals surface area contributed by atoms with Gasteiger partial charge in [-0.3, -0.25) is 9.59 Å². The van der Waals surface area contributed by atoms with Gasteiger partial charge >= 0.3 is 11.9 Å². The molecule has 0 spiro atoms. The maximum atomic E-state index is 14.1. The van der Waals surface area contributed by atoms with Crippen molar-refractivity contribution in [3.8, 4) is 0 Å². The molecule has 0 saturated heterocycles. The van der Waals surface area contributed by atoms with Crippen molar-refractivity contribution in [1.82, 2.24) is 5.32 Å². The Morgan fingerprint density at radius 3 is 2.67 bits per heavy atom. The lowest BCUT2D eigenvalue weighted by Crippen LogP contribution is -2.43. The number of carbonyl (C=O) groups excluding carboxylic acids is 3. The van der Waals surface area contributed by atoms with Gasteiger partial charge in [-0.15, -0.1) is 0 Å². The Kier molecular flexibility index (Phi) is 6.39. The molecule has 3 atom stereocenters. The van der Waals surface area contributed by atoms with Crippen LogP contribution in [0.5, 0.6) is 0 Å². The minimum Gasteiger partial charge on any atom is -0.468 e. The van der Waals surface area contributed by atoms with Gasteiger partial charge in [-0.2, -0.15) is 0 Å². The third-order valence-electron chi connectivity index (χ3n) is 5.58. The second-order valence-corrected chi connectivity index (χ2v) is 7.73. The molecule has 1 aliphatic carbocycles. The van der Waals surface area contributed by atoms with Crippen LogP contribution in [0.2, 0.25) is 0 Å². The van der Waals surface area contributed by atoms with Gasteiger partial charge in [-0.05, 0) is 43.4 Å². The van der Waals surface area contributed by atoms with E-state index >= 15 is 0 Å². The first-order valence-electron chi connectivity index (χ1n) is 10.1. The Bertz CT molecular complexity index is 949. The molecule has 0 bridgehead atoms. The van der Waals surface area contributed by atoms with Crippen LogP contribution in [-0.4, -0.2) is 31.4 Å². The molecule has 0 saturated carbocycles. The molecular formula is C23H26FNO5. The van der Waals surface area contributed by atoms with Crippen LogP contribution in [-0.2, 0) is 23.9 Å². The van der Waals surface area contributed by atoms with Crippen molar-refractivity contribution in [1.29, 1.82) is 0 Å². The van der Waals surface area contributed by atoms with Crippen molar-refractivity contribution in [3.05, 3.63) is 58.2 Å². The Balaban J connectivity index is 2.16. The van der Waals surface area contributed by atoms with Crippen LogP contribution in [0.15, 0.2) is 46.8 Å². The van der Waals surface area contributed by atoms with Gasteiger partial charge in [-0.25, -0.2) is 9.18 Å². The zero-order valence-electron chi connectivity index (χ0n) is 17.6. The van der Waals surface area contributed by atoms with Crippen molar-refractivity contribution in [2.45, 2.75) is 39.5 Å². The average Bonchev–Trinajstić information content (AvgIpc) is 2.70. The highest BCUT2D eigenvalue weighted by Gasteiger charge is 2.47. The second-order valence-electron chi connectivity index (χ2n) is 7.73. The molecule has 1 aromatic rings. The van der Waals surface area contributed by atoms with E-state index < -0.39 is 35.4 Å². The monoisotopic (exact) mass is 415 g/mol. The van der Waals surface area contributed by atoms with Crippen molar-refractivity contribution >= 4 is 17.7 Å². The number of rotatable bonds is 5. The van der Waals surface area contributed by atoms with Crippen molar-refractivity contribution in [2.24, 2.45) is 11.8 Å². The van der Waals surface area contributed by atoms with E-state index in [2.05, 4.69) is 5.32 Å². The van der Waals surface area contributed by atoms with Crippen LogP contribution in [0.25, 0.3) is 0 Å². The average molecular weight is 415 g/mol. The Morgan fingerprint density at radius 1 is 1.30 bits per heavy atom. The number of methoxy groups -OCH3 is 1. The first kappa shape index (κ1) is 21.7. The molecule has 0 amide bonds. The van der Waals surface area contributed by atoms with Crippen molar-refractivity contribution < 1.29 is 28.2 Å². The van der Waals surface area contributed by atoms with Gasteiger partial charge in [-0.1, -0.05) is 26.0 Å². The second kappa shape index (κ2) is 8.81. The third-order valence-corrected chi connectivity index (χ3v) is 5.58. The predicted molar refractivity (Wildman–Crippen MR) is 108 cm³/mol. The van der Waals surface area contributed by atoms with Crippen LogP contribution >= 0.6 is 0 Å². The van der Waals surface area contributed by atoms with E-state index in [0.29, 0.717) is 35.4 Å². The molecule has 0 fully saturated rings. The number of nitrogens with one attached hydrogen (secondary N) is 1. The largest absolute Gasteiger partial charge is 0.468 e. The summed E-state index contributed by atoms with van der Waals surface area (Å²) in [6, 6.07) is 5.81. The summed E-state index contributed by atoms with van der Waals surface area (Å²) in [6.07, 6.45) is 1.08. The fourth-order valence-corrected chi connectivity index (χ4v) is 4.24. The van der Waals surface area contributed by atoms with Gasteiger partial charge in [0.2, 0.25) is 0 Å². The molecule has 3 rings (SSSR count). The number of hydrogen-bond acceptors (Lipinski definition) is 6. The highest BCUT2D eigenvalue weighted by Crippen LogP contribution is 2.45. The van der Waals surface area contributed by atoms with Crippen LogP contribution in [0.4, 0.5) is 4.39 Å². The van der Waals surface area contributed by atoms with E-state index in [9.17, 15) is 18.8 Å². The van der Waals surface area contributed by atoms with E-state index in [4.69, 9.17) is 9.47 Å². The molecule has 160 valence electrons. The highest BCUT2D eigenvalue weighted by atomic mass is 19.1. The summed E-state index contributed by atoms with van der Waals surface area (Å²) in [6.45, 7) is 5.66. The summed E-state index contributed by atoms with van der Waals surface area (Å²) in [4.78, 5) is 38.7. The molecule has 1 aliphatic heterocycles. The Morgan fingerprint density at radius 2 is 2.03 bits per heavy atom. The summed E-state index contributed by atoms with van der Waals surface area (Å²) < 4.78 is 24.3. The zero-order valence-corrected chi connectivity index (χ0v) is 17.6. The van der Waals surface area contributed by atoms with Crippen LogP contribution in [0.3, 0.4) is 0 Å². The van der Waals surface area contributed by atoms with Gasteiger partial charge in [0.15, 0.2) is 5.78 Å². The first-order chi connectivity index (χ1) is 14.3. The molecule has 0 aromatic heterocycles. The summed E-state index contributed by atoms with van der Waals surface area (Å²) in [7, 11) is 1.24. The summed E-state index contributed by atoms with van der Waals surface area (Å²) in [5.74, 6) is -4.14. The van der Waals surface area contributed by atoms with Gasteiger partial charge in [0.05, 0.1) is 19.3 Å². The maximum absolute atomic E-state index is 14.1. The number of carbonyl (C=O) groups is 3. The number of ether oxygens (including phenoxy) is 2. The number of benzene rings is 1. The van der Waals surface area contributed by atoms with Gasteiger partial charge in [0.1, 0.15) is 11.7 Å². The normalized spacial score (nSPS) is 23.6. The van der Waals surface area contributed by atoms with Gasteiger partial charge < -0.3 is 14.8 Å². The predicted octanol–water partition coefficient (Wildman–Crippen LogP) is 3.39. The van der Waals surface area contributed by atoms with Crippen LogP contribution in [0, 0.1) is 17.7 Å². The topological polar surface area (TPSA) is 81.7 Å². The lowest BCUT2D eigenvalue weighted by Gasteiger charge is -2.38. The van der Waals surface area contributed by atoms with E-state index in [1.165, 1.54) is 25.3 Å². The summed E-state index contributed by atoms with van der Waals surface area (Å²) >= 11 is 0. The molecule has 1 N–H and O–H groups in total. The third kappa shape index (κ3) is 3.88. The van der Waals surface area contributed by atoms with Crippen molar-refractivity contribution in [3.63, 3.8) is 0 Å². The number of allylic oxidation sites excluding steroid dienone is 3. The molecule has 2 aliphatic rings. The molecular weight excluding hydrogens is 389 g/mol. The fourth-order valence-electron chi connectivity index (χ4n) is 4.24. The molecule has 30 heavy (non-hydrogen) atoms. The zero-order chi connectivity index (χ0) is 22.0. The number of hydrogen-bond donors (Lipinski definition) is 1. The molecule has 0 radical (unpaired) electrons. The Hall–Kier alpha value is -2.96. The Labute approximate surface area is 175 Å². The standard InChI is InChI=1S/C23H26FNO5/c1-5-9-30-23(28)18-13(3)25-16-10-12(2)17(22(27)29-4)21(26)20(16)19(18)14-7-6-8-15(24)11-14/h6-8,11-12,17,19,25H,5,9-10H2,1-4H3/t12-,17-,19+/m0/s1. The van der Waals surface area contributed by atoms with Crippen LogP contribution in [0.1, 0.15) is 45.1 Å². The quantitative estimate of drug-likeness (QED) is 0.586. The minimum atomic E-state index is -0.974. The molecule has 6 nitrogen and oxygen atoms in total. The fraction of sp³-hybridized carbons (Fsp3) is 0.435. The molecule has 1 aromatic carbocycles. The number of Topliss-reactive ketones (excluding diaryl/α,β-unsaturated/α-hetero) is 1. The summed E-state index contributed by atoms with van der Waals surface area (Å²) in [5, 5.41) is 3.17. The molecule has 0 unspecified atom stereocenters. The van der Waals surface area contributed by atoms with Gasteiger partial charge in [0.25, 0.3) is 0 Å². The highest BCUT2D eigenvalue weighted by molar-refractivity contribution is 6.12. The molecule has 7 heteroatoms.